The van der Waals surface area contributed by atoms with Crippen LogP contribution in [-0.4, -0.2) is 5.71 Å². The van der Waals surface area contributed by atoms with Gasteiger partial charge in [-0.2, -0.15) is 5.10 Å². The van der Waals surface area contributed by atoms with Gasteiger partial charge in [0.1, 0.15) is 0 Å². The van der Waals surface area contributed by atoms with Crippen molar-refractivity contribution in [2.75, 3.05) is 0 Å². The quantitative estimate of drug-likeness (QED) is 0.416. The van der Waals surface area contributed by atoms with Gasteiger partial charge < -0.3 is 5.84 Å². The minimum Gasteiger partial charge on any atom is -0.323 e. The topological polar surface area (TPSA) is 38.4 Å². The van der Waals surface area contributed by atoms with E-state index in [1.54, 1.807) is 0 Å². The van der Waals surface area contributed by atoms with E-state index in [0.29, 0.717) is 11.8 Å². The summed E-state index contributed by atoms with van der Waals surface area (Å²) in [4.78, 5) is 0. The van der Waals surface area contributed by atoms with Crippen molar-refractivity contribution in [2.24, 2.45) is 16.9 Å². The molecule has 0 saturated heterocycles. The van der Waals surface area contributed by atoms with Gasteiger partial charge in [0.25, 0.3) is 0 Å². The number of hydrogen-bond acceptors (Lipinski definition) is 2. The first-order valence-electron chi connectivity index (χ1n) is 4.62. The van der Waals surface area contributed by atoms with Gasteiger partial charge in [-0.3, -0.25) is 0 Å². The Bertz CT molecular complexity index is 316. The molecule has 1 saturated carbocycles. The summed E-state index contributed by atoms with van der Waals surface area (Å²) in [6.45, 7) is 2.01. The van der Waals surface area contributed by atoms with Crippen LogP contribution >= 0.6 is 0 Å². The zero-order valence-corrected chi connectivity index (χ0v) is 7.77. The molecule has 0 amide bonds. The summed E-state index contributed by atoms with van der Waals surface area (Å²) < 4.78 is 0. The summed E-state index contributed by atoms with van der Waals surface area (Å²) in [5.74, 6) is 6.49. The zero-order valence-electron chi connectivity index (χ0n) is 7.77. The van der Waals surface area contributed by atoms with E-state index in [1.807, 2.05) is 13.0 Å². The molecule has 68 valence electrons. The minimum absolute atomic E-state index is 0.590. The lowest BCUT2D eigenvalue weighted by atomic mass is 10.1. The average Bonchev–Trinajstić information content (AvgIpc) is 2.98. The summed E-state index contributed by atoms with van der Waals surface area (Å²) in [6, 6.07) is 10.6. The third kappa shape index (κ3) is 1.57. The van der Waals surface area contributed by atoms with Crippen LogP contribution in [0.1, 0.15) is 24.8 Å². The number of benzene rings is 1. The summed E-state index contributed by atoms with van der Waals surface area (Å²) in [5.41, 5.74) is 2.49. The highest BCUT2D eigenvalue weighted by atomic mass is 15.1. The maximum absolute atomic E-state index is 5.24. The Morgan fingerprint density at radius 2 is 2.08 bits per heavy atom. The fourth-order valence-electron chi connectivity index (χ4n) is 1.82. The van der Waals surface area contributed by atoms with Gasteiger partial charge in [-0.05, 0) is 24.8 Å². The highest BCUT2D eigenvalue weighted by Crippen LogP contribution is 2.47. The average molecular weight is 174 g/mol. The Balaban J connectivity index is 2.09. The SMILES string of the molecule is C/C(=N/N)[C@@H]1C[C@H]1c1ccccc1. The van der Waals surface area contributed by atoms with Gasteiger partial charge in [-0.15, -0.1) is 0 Å². The van der Waals surface area contributed by atoms with E-state index in [2.05, 4.69) is 29.4 Å². The van der Waals surface area contributed by atoms with E-state index < -0.39 is 0 Å². The second-order valence-electron chi connectivity index (χ2n) is 3.63. The van der Waals surface area contributed by atoms with Crippen molar-refractivity contribution in [2.45, 2.75) is 19.3 Å². The Hall–Kier alpha value is -1.31. The van der Waals surface area contributed by atoms with Crippen LogP contribution in [0.3, 0.4) is 0 Å². The summed E-state index contributed by atoms with van der Waals surface area (Å²) in [7, 11) is 0. The molecule has 2 rings (SSSR count). The number of nitrogens with zero attached hydrogens (tertiary/aromatic N) is 1. The van der Waals surface area contributed by atoms with Gasteiger partial charge in [0, 0.05) is 11.6 Å². The van der Waals surface area contributed by atoms with Gasteiger partial charge in [0.15, 0.2) is 0 Å². The first-order chi connectivity index (χ1) is 6.33. The Kier molecular flexibility index (Phi) is 2.05. The second-order valence-corrected chi connectivity index (χ2v) is 3.63. The van der Waals surface area contributed by atoms with Gasteiger partial charge >= 0.3 is 0 Å². The standard InChI is InChI=1S/C11H14N2/c1-8(13-12)10-7-11(10)9-5-3-2-4-6-9/h2-6,10-11H,7,12H2,1H3/b13-8-/t10-,11-/m0/s1. The largest absolute Gasteiger partial charge is 0.323 e. The van der Waals surface area contributed by atoms with Crippen LogP contribution in [0.15, 0.2) is 35.4 Å². The van der Waals surface area contributed by atoms with Crippen LogP contribution in [0.2, 0.25) is 0 Å². The third-order valence-corrected chi connectivity index (χ3v) is 2.76. The molecule has 0 heterocycles. The lowest BCUT2D eigenvalue weighted by Crippen LogP contribution is -2.00. The second kappa shape index (κ2) is 3.21. The smallest absolute Gasteiger partial charge is 0.0382 e. The monoisotopic (exact) mass is 174 g/mol. The highest BCUT2D eigenvalue weighted by Gasteiger charge is 2.40. The molecule has 1 aliphatic rings. The zero-order chi connectivity index (χ0) is 9.26. The first kappa shape index (κ1) is 8.30. The number of rotatable bonds is 2. The molecule has 2 nitrogen and oxygen atoms in total. The summed E-state index contributed by atoms with van der Waals surface area (Å²) in [5, 5.41) is 3.74. The van der Waals surface area contributed by atoms with Crippen LogP contribution in [0.4, 0.5) is 0 Å². The molecule has 0 aromatic heterocycles. The van der Waals surface area contributed by atoms with Crippen molar-refractivity contribution in [3.63, 3.8) is 0 Å². The normalized spacial score (nSPS) is 27.3. The van der Waals surface area contributed by atoms with Crippen molar-refractivity contribution < 1.29 is 0 Å². The fourth-order valence-corrected chi connectivity index (χ4v) is 1.82. The van der Waals surface area contributed by atoms with Crippen LogP contribution < -0.4 is 5.84 Å². The van der Waals surface area contributed by atoms with E-state index in [4.69, 9.17) is 5.84 Å². The Labute approximate surface area is 78.5 Å². The van der Waals surface area contributed by atoms with Crippen LogP contribution in [0, 0.1) is 5.92 Å². The molecular weight excluding hydrogens is 160 g/mol. The van der Waals surface area contributed by atoms with Crippen molar-refractivity contribution >= 4 is 5.71 Å². The van der Waals surface area contributed by atoms with Crippen LogP contribution in [0.25, 0.3) is 0 Å². The molecule has 1 aromatic carbocycles. The molecule has 13 heavy (non-hydrogen) atoms. The van der Waals surface area contributed by atoms with Crippen molar-refractivity contribution in [3.05, 3.63) is 35.9 Å². The molecule has 0 radical (unpaired) electrons. The van der Waals surface area contributed by atoms with Crippen molar-refractivity contribution in [1.29, 1.82) is 0 Å². The molecular formula is C11H14N2. The first-order valence-corrected chi connectivity index (χ1v) is 4.62. The van der Waals surface area contributed by atoms with Gasteiger partial charge in [-0.1, -0.05) is 30.3 Å². The molecule has 2 heteroatoms. The highest BCUT2D eigenvalue weighted by molar-refractivity contribution is 5.87. The maximum atomic E-state index is 5.24. The van der Waals surface area contributed by atoms with Gasteiger partial charge in [-0.25, -0.2) is 0 Å². The minimum atomic E-state index is 0.590. The van der Waals surface area contributed by atoms with Crippen LogP contribution in [0.5, 0.6) is 0 Å². The number of hydrogen-bond donors (Lipinski definition) is 1. The molecule has 0 spiro atoms. The molecule has 0 aliphatic heterocycles. The van der Waals surface area contributed by atoms with Crippen LogP contribution in [-0.2, 0) is 0 Å². The van der Waals surface area contributed by atoms with E-state index >= 15 is 0 Å². The van der Waals surface area contributed by atoms with Crippen molar-refractivity contribution in [3.8, 4) is 0 Å². The van der Waals surface area contributed by atoms with E-state index in [9.17, 15) is 0 Å². The molecule has 0 bridgehead atoms. The lowest BCUT2D eigenvalue weighted by molar-refractivity contribution is 1.03. The molecule has 1 fully saturated rings. The molecule has 1 aromatic rings. The molecule has 2 atom stereocenters. The van der Waals surface area contributed by atoms with E-state index in [1.165, 1.54) is 12.0 Å². The van der Waals surface area contributed by atoms with Gasteiger partial charge in [0.2, 0.25) is 0 Å². The molecule has 2 N–H and O–H groups in total. The Morgan fingerprint density at radius 3 is 2.69 bits per heavy atom. The van der Waals surface area contributed by atoms with E-state index in [0.717, 1.165) is 5.71 Å². The summed E-state index contributed by atoms with van der Waals surface area (Å²) >= 11 is 0. The number of hydrazone groups is 1. The lowest BCUT2D eigenvalue weighted by Gasteiger charge is -1.98. The predicted molar refractivity (Wildman–Crippen MR) is 54.6 cm³/mol. The van der Waals surface area contributed by atoms with E-state index in [-0.39, 0.29) is 0 Å². The number of nitrogens with two attached hydrogens (primary N) is 1. The Morgan fingerprint density at radius 1 is 1.38 bits per heavy atom. The third-order valence-electron chi connectivity index (χ3n) is 2.76. The molecule has 1 aliphatic carbocycles. The molecule has 0 unspecified atom stereocenters. The summed E-state index contributed by atoms with van der Waals surface area (Å²) in [6.07, 6.45) is 1.20. The predicted octanol–water partition coefficient (Wildman–Crippen LogP) is 2.12. The van der Waals surface area contributed by atoms with Crippen molar-refractivity contribution in [1.82, 2.24) is 0 Å². The van der Waals surface area contributed by atoms with Gasteiger partial charge in [0.05, 0.1) is 0 Å². The maximum Gasteiger partial charge on any atom is 0.0382 e. The fraction of sp³-hybridized carbons (Fsp3) is 0.364.